The summed E-state index contributed by atoms with van der Waals surface area (Å²) in [6.45, 7) is 2.15. The van der Waals surface area contributed by atoms with Gasteiger partial charge in [0.25, 0.3) is 0 Å². The van der Waals surface area contributed by atoms with Gasteiger partial charge < -0.3 is 5.73 Å². The molecule has 2 fully saturated rings. The summed E-state index contributed by atoms with van der Waals surface area (Å²) < 4.78 is 0. The first-order valence-electron chi connectivity index (χ1n) is 6.97. The minimum Gasteiger partial charge on any atom is -0.327 e. The van der Waals surface area contributed by atoms with E-state index in [0.29, 0.717) is 0 Å². The lowest BCUT2D eigenvalue weighted by atomic mass is 9.99. The molecule has 2 N–H and O–H groups in total. The molecule has 0 aliphatic heterocycles. The van der Waals surface area contributed by atoms with Crippen LogP contribution in [-0.2, 0) is 6.42 Å². The number of nitrogens with two attached hydrogens (primary N) is 1. The number of thiazole rings is 1. The van der Waals surface area contributed by atoms with E-state index in [0.717, 1.165) is 30.6 Å². The first-order valence-corrected chi connectivity index (χ1v) is 7.85. The molecule has 2 nitrogen and oxygen atoms in total. The van der Waals surface area contributed by atoms with E-state index in [1.54, 1.807) is 0 Å². The Labute approximate surface area is 108 Å². The molecule has 3 heteroatoms. The van der Waals surface area contributed by atoms with E-state index in [-0.39, 0.29) is 6.04 Å². The zero-order valence-electron chi connectivity index (χ0n) is 10.6. The van der Waals surface area contributed by atoms with Crippen molar-refractivity contribution >= 4 is 11.3 Å². The summed E-state index contributed by atoms with van der Waals surface area (Å²) >= 11 is 1.88. The third-order valence-corrected chi connectivity index (χ3v) is 5.10. The molecule has 2 aliphatic rings. The Balaban J connectivity index is 1.69. The zero-order valence-corrected chi connectivity index (χ0v) is 11.4. The molecule has 3 rings (SSSR count). The van der Waals surface area contributed by atoms with Crippen LogP contribution in [0.25, 0.3) is 0 Å². The molecule has 1 aromatic rings. The minimum atomic E-state index is 0.283. The van der Waals surface area contributed by atoms with Crippen molar-refractivity contribution in [1.29, 1.82) is 0 Å². The largest absolute Gasteiger partial charge is 0.327 e. The van der Waals surface area contributed by atoms with Gasteiger partial charge in [0.05, 0.1) is 10.7 Å². The topological polar surface area (TPSA) is 38.9 Å². The van der Waals surface area contributed by atoms with Gasteiger partial charge in [-0.2, -0.15) is 0 Å². The van der Waals surface area contributed by atoms with Crippen LogP contribution in [0.5, 0.6) is 0 Å². The fraction of sp³-hybridized carbons (Fsp3) is 0.786. The summed E-state index contributed by atoms with van der Waals surface area (Å²) in [7, 11) is 0. The third kappa shape index (κ3) is 2.71. The highest BCUT2D eigenvalue weighted by molar-refractivity contribution is 7.09. The van der Waals surface area contributed by atoms with E-state index in [1.165, 1.54) is 36.4 Å². The Morgan fingerprint density at radius 3 is 2.53 bits per heavy atom. The lowest BCUT2D eigenvalue weighted by Gasteiger charge is -2.11. The highest BCUT2D eigenvalue weighted by atomic mass is 32.1. The SMILES string of the molecule is CCC(N)Cc1csc(C(C2CC2)C2CC2)n1. The zero-order chi connectivity index (χ0) is 11.8. The van der Waals surface area contributed by atoms with Crippen LogP contribution in [-0.4, -0.2) is 11.0 Å². The summed E-state index contributed by atoms with van der Waals surface area (Å²) in [5, 5.41) is 3.65. The molecule has 1 atom stereocenters. The van der Waals surface area contributed by atoms with Crippen LogP contribution < -0.4 is 5.73 Å². The van der Waals surface area contributed by atoms with Gasteiger partial charge in [-0.3, -0.25) is 0 Å². The molecular formula is C14H22N2S. The third-order valence-electron chi connectivity index (χ3n) is 4.11. The van der Waals surface area contributed by atoms with Crippen molar-refractivity contribution in [2.24, 2.45) is 17.6 Å². The second-order valence-corrected chi connectivity index (χ2v) is 6.64. The normalized spacial score (nSPS) is 22.1. The maximum atomic E-state index is 6.00. The van der Waals surface area contributed by atoms with Crippen LogP contribution in [0.1, 0.15) is 55.6 Å². The predicted molar refractivity (Wildman–Crippen MR) is 72.3 cm³/mol. The van der Waals surface area contributed by atoms with Crippen molar-refractivity contribution in [2.45, 2.75) is 57.4 Å². The predicted octanol–water partition coefficient (Wildman–Crippen LogP) is 3.33. The summed E-state index contributed by atoms with van der Waals surface area (Å²) in [6.07, 6.45) is 7.74. The highest BCUT2D eigenvalue weighted by Crippen LogP contribution is 2.54. The van der Waals surface area contributed by atoms with Crippen molar-refractivity contribution in [1.82, 2.24) is 4.98 Å². The van der Waals surface area contributed by atoms with Crippen LogP contribution >= 0.6 is 11.3 Å². The number of aromatic nitrogens is 1. The molecule has 0 spiro atoms. The standard InChI is InChI=1S/C14H22N2S/c1-2-11(15)7-12-8-17-14(16-12)13(9-3-4-9)10-5-6-10/h8-11,13H,2-7,15H2,1H3. The Hall–Kier alpha value is -0.410. The second kappa shape index (κ2) is 4.69. The average molecular weight is 250 g/mol. The smallest absolute Gasteiger partial charge is 0.0964 e. The van der Waals surface area contributed by atoms with Gasteiger partial charge in [-0.25, -0.2) is 4.98 Å². The van der Waals surface area contributed by atoms with Crippen molar-refractivity contribution in [3.8, 4) is 0 Å². The van der Waals surface area contributed by atoms with Gasteiger partial charge in [-0.1, -0.05) is 6.92 Å². The van der Waals surface area contributed by atoms with Crippen LogP contribution in [0, 0.1) is 11.8 Å². The van der Waals surface area contributed by atoms with Crippen LogP contribution in [0.2, 0.25) is 0 Å². The summed E-state index contributed by atoms with van der Waals surface area (Å²) in [5.74, 6) is 2.72. The minimum absolute atomic E-state index is 0.283. The Morgan fingerprint density at radius 1 is 1.35 bits per heavy atom. The van der Waals surface area contributed by atoms with E-state index >= 15 is 0 Å². The maximum Gasteiger partial charge on any atom is 0.0964 e. The lowest BCUT2D eigenvalue weighted by Crippen LogP contribution is -2.21. The van der Waals surface area contributed by atoms with Gasteiger partial charge in [-0.15, -0.1) is 11.3 Å². The maximum absolute atomic E-state index is 6.00. The number of hydrogen-bond acceptors (Lipinski definition) is 3. The van der Waals surface area contributed by atoms with Crippen LogP contribution in [0.4, 0.5) is 0 Å². The van der Waals surface area contributed by atoms with E-state index in [4.69, 9.17) is 10.7 Å². The monoisotopic (exact) mass is 250 g/mol. The molecule has 0 saturated heterocycles. The quantitative estimate of drug-likeness (QED) is 0.841. The van der Waals surface area contributed by atoms with E-state index in [9.17, 15) is 0 Å². The van der Waals surface area contributed by atoms with Gasteiger partial charge in [0.15, 0.2) is 0 Å². The Morgan fingerprint density at radius 2 is 2.00 bits per heavy atom. The first-order chi connectivity index (χ1) is 8.28. The molecule has 0 bridgehead atoms. The number of hydrogen-bond donors (Lipinski definition) is 1. The fourth-order valence-electron chi connectivity index (χ4n) is 2.68. The molecule has 1 aromatic heterocycles. The van der Waals surface area contributed by atoms with Crippen LogP contribution in [0.3, 0.4) is 0 Å². The summed E-state index contributed by atoms with van der Waals surface area (Å²) in [6, 6.07) is 0.283. The van der Waals surface area contributed by atoms with Gasteiger partial charge in [-0.05, 0) is 43.9 Å². The lowest BCUT2D eigenvalue weighted by molar-refractivity contribution is 0.532. The average Bonchev–Trinajstić information content (AvgIpc) is 3.22. The summed E-state index contributed by atoms with van der Waals surface area (Å²) in [4.78, 5) is 4.86. The molecule has 2 aliphatic carbocycles. The van der Waals surface area contributed by atoms with Gasteiger partial charge >= 0.3 is 0 Å². The van der Waals surface area contributed by atoms with E-state index < -0.39 is 0 Å². The molecule has 2 saturated carbocycles. The van der Waals surface area contributed by atoms with Crippen LogP contribution in [0.15, 0.2) is 5.38 Å². The number of nitrogens with zero attached hydrogens (tertiary/aromatic N) is 1. The Kier molecular flexibility index (Phi) is 3.22. The first kappa shape index (κ1) is 11.7. The van der Waals surface area contributed by atoms with Gasteiger partial charge in [0.1, 0.15) is 0 Å². The molecule has 94 valence electrons. The molecular weight excluding hydrogens is 228 g/mol. The molecule has 1 unspecified atom stereocenters. The van der Waals surface area contributed by atoms with Gasteiger partial charge in [0.2, 0.25) is 0 Å². The molecule has 0 radical (unpaired) electrons. The summed E-state index contributed by atoms with van der Waals surface area (Å²) in [5.41, 5.74) is 7.23. The van der Waals surface area contributed by atoms with E-state index in [2.05, 4.69) is 12.3 Å². The van der Waals surface area contributed by atoms with Crippen molar-refractivity contribution < 1.29 is 0 Å². The molecule has 0 amide bonds. The van der Waals surface area contributed by atoms with Gasteiger partial charge in [0, 0.05) is 23.8 Å². The van der Waals surface area contributed by atoms with Crippen molar-refractivity contribution in [3.05, 3.63) is 16.1 Å². The highest BCUT2D eigenvalue weighted by Gasteiger charge is 2.43. The molecule has 0 aromatic carbocycles. The Bertz CT molecular complexity index is 367. The fourth-order valence-corrected chi connectivity index (χ4v) is 3.80. The second-order valence-electron chi connectivity index (χ2n) is 5.75. The number of rotatable bonds is 6. The van der Waals surface area contributed by atoms with Crippen molar-refractivity contribution in [3.63, 3.8) is 0 Å². The van der Waals surface area contributed by atoms with E-state index in [1.807, 2.05) is 11.3 Å². The molecule has 17 heavy (non-hydrogen) atoms. The van der Waals surface area contributed by atoms with Crippen molar-refractivity contribution in [2.75, 3.05) is 0 Å². The molecule has 1 heterocycles.